The first-order valence-electron chi connectivity index (χ1n) is 7.08. The third kappa shape index (κ3) is 5.77. The van der Waals surface area contributed by atoms with Gasteiger partial charge in [0, 0.05) is 18.5 Å². The predicted octanol–water partition coefficient (Wildman–Crippen LogP) is 2.50. The zero-order valence-corrected chi connectivity index (χ0v) is 13.0. The van der Waals surface area contributed by atoms with E-state index in [0.29, 0.717) is 12.3 Å². The van der Waals surface area contributed by atoms with Crippen molar-refractivity contribution in [2.45, 2.75) is 38.3 Å². The van der Waals surface area contributed by atoms with Crippen LogP contribution in [0.3, 0.4) is 0 Å². The summed E-state index contributed by atoms with van der Waals surface area (Å²) in [5.74, 6) is 0.366. The second kappa shape index (κ2) is 8.90. The lowest BCUT2D eigenvalue weighted by Crippen LogP contribution is -2.30. The Hall–Kier alpha value is -1.40. The van der Waals surface area contributed by atoms with E-state index in [9.17, 15) is 13.6 Å². The van der Waals surface area contributed by atoms with Crippen molar-refractivity contribution in [2.75, 3.05) is 6.61 Å². The van der Waals surface area contributed by atoms with Crippen LogP contribution in [0.4, 0.5) is 8.78 Å². The standard InChI is InChI=1S/C15H20F2N2O2.ClH/c16-14(17)9-21-13-3-1-2-10(6-13)8-19-15(20)11-4-5-12(18)7-11;/h1-3,6,11-12,14H,4-5,7-9,18H2,(H,19,20);1H. The molecule has 7 heteroatoms. The molecule has 124 valence electrons. The summed E-state index contributed by atoms with van der Waals surface area (Å²) in [5.41, 5.74) is 6.61. The summed E-state index contributed by atoms with van der Waals surface area (Å²) >= 11 is 0. The summed E-state index contributed by atoms with van der Waals surface area (Å²) in [6.07, 6.45) is -0.0666. The molecule has 0 heterocycles. The van der Waals surface area contributed by atoms with Gasteiger partial charge < -0.3 is 15.8 Å². The molecule has 0 spiro atoms. The first-order valence-corrected chi connectivity index (χ1v) is 7.08. The molecule has 0 radical (unpaired) electrons. The molecule has 0 bridgehead atoms. The minimum Gasteiger partial charge on any atom is -0.488 e. The topological polar surface area (TPSA) is 64.4 Å². The number of carbonyl (C=O) groups is 1. The number of ether oxygens (including phenoxy) is 1. The molecular formula is C15H21ClF2N2O2. The second-order valence-electron chi connectivity index (χ2n) is 5.34. The Labute approximate surface area is 134 Å². The highest BCUT2D eigenvalue weighted by atomic mass is 35.5. The summed E-state index contributed by atoms with van der Waals surface area (Å²) in [6.45, 7) is -0.272. The van der Waals surface area contributed by atoms with Crippen LogP contribution in [0.25, 0.3) is 0 Å². The van der Waals surface area contributed by atoms with Crippen molar-refractivity contribution in [2.24, 2.45) is 11.7 Å². The summed E-state index contributed by atoms with van der Waals surface area (Å²) in [5, 5.41) is 2.86. The number of halogens is 3. The van der Waals surface area contributed by atoms with Gasteiger partial charge >= 0.3 is 0 Å². The smallest absolute Gasteiger partial charge is 0.272 e. The Bertz CT molecular complexity index is 488. The van der Waals surface area contributed by atoms with Crippen molar-refractivity contribution < 1.29 is 18.3 Å². The van der Waals surface area contributed by atoms with Crippen molar-refractivity contribution in [3.63, 3.8) is 0 Å². The fourth-order valence-electron chi connectivity index (χ4n) is 2.49. The number of alkyl halides is 2. The van der Waals surface area contributed by atoms with Gasteiger partial charge in [0.1, 0.15) is 12.4 Å². The highest BCUT2D eigenvalue weighted by Gasteiger charge is 2.27. The highest BCUT2D eigenvalue weighted by Crippen LogP contribution is 2.24. The molecule has 3 N–H and O–H groups in total. The van der Waals surface area contributed by atoms with E-state index in [4.69, 9.17) is 10.5 Å². The van der Waals surface area contributed by atoms with Crippen LogP contribution in [0.15, 0.2) is 24.3 Å². The Morgan fingerprint density at radius 1 is 1.41 bits per heavy atom. The summed E-state index contributed by atoms with van der Waals surface area (Å²) in [4.78, 5) is 12.0. The maximum atomic E-state index is 12.1. The van der Waals surface area contributed by atoms with Gasteiger partial charge in [-0.3, -0.25) is 4.79 Å². The Morgan fingerprint density at radius 2 is 2.18 bits per heavy atom. The number of rotatable bonds is 6. The molecule has 0 aliphatic heterocycles. The molecule has 1 aliphatic carbocycles. The SMILES string of the molecule is Cl.NC1CCC(C(=O)NCc2cccc(OCC(F)F)c2)C1. The molecule has 0 aromatic heterocycles. The van der Waals surface area contributed by atoms with Gasteiger partial charge in [-0.15, -0.1) is 12.4 Å². The predicted molar refractivity (Wildman–Crippen MR) is 82.4 cm³/mol. The Morgan fingerprint density at radius 3 is 2.82 bits per heavy atom. The number of hydrogen-bond acceptors (Lipinski definition) is 3. The van der Waals surface area contributed by atoms with Crippen molar-refractivity contribution in [1.82, 2.24) is 5.32 Å². The normalized spacial score (nSPS) is 20.5. The monoisotopic (exact) mass is 334 g/mol. The lowest BCUT2D eigenvalue weighted by Gasteiger charge is -2.12. The molecule has 0 saturated heterocycles. The average molecular weight is 335 g/mol. The molecule has 2 rings (SSSR count). The molecule has 1 saturated carbocycles. The number of carbonyl (C=O) groups excluding carboxylic acids is 1. The minimum atomic E-state index is -2.50. The van der Waals surface area contributed by atoms with Crippen molar-refractivity contribution >= 4 is 18.3 Å². The molecule has 2 unspecified atom stereocenters. The van der Waals surface area contributed by atoms with Crippen LogP contribution >= 0.6 is 12.4 Å². The second-order valence-corrected chi connectivity index (χ2v) is 5.34. The largest absolute Gasteiger partial charge is 0.488 e. The molecule has 1 aliphatic rings. The lowest BCUT2D eigenvalue weighted by molar-refractivity contribution is -0.125. The van der Waals surface area contributed by atoms with Gasteiger partial charge in [0.25, 0.3) is 6.43 Å². The minimum absolute atomic E-state index is 0. The van der Waals surface area contributed by atoms with E-state index in [1.54, 1.807) is 18.2 Å². The van der Waals surface area contributed by atoms with Gasteiger partial charge in [-0.2, -0.15) is 0 Å². The fraction of sp³-hybridized carbons (Fsp3) is 0.533. The summed E-state index contributed by atoms with van der Waals surface area (Å²) in [7, 11) is 0. The Balaban J connectivity index is 0.00000242. The van der Waals surface area contributed by atoms with E-state index in [1.165, 1.54) is 0 Å². The van der Waals surface area contributed by atoms with E-state index in [0.717, 1.165) is 24.8 Å². The molecule has 1 aromatic carbocycles. The number of nitrogens with one attached hydrogen (secondary N) is 1. The van der Waals surface area contributed by atoms with Gasteiger partial charge in [-0.25, -0.2) is 8.78 Å². The number of amides is 1. The zero-order chi connectivity index (χ0) is 15.2. The van der Waals surface area contributed by atoms with E-state index in [1.807, 2.05) is 6.07 Å². The molecule has 1 aromatic rings. The number of hydrogen-bond donors (Lipinski definition) is 2. The first-order chi connectivity index (χ1) is 10.0. The van der Waals surface area contributed by atoms with Crippen molar-refractivity contribution in [3.05, 3.63) is 29.8 Å². The quantitative estimate of drug-likeness (QED) is 0.840. The maximum Gasteiger partial charge on any atom is 0.272 e. The highest BCUT2D eigenvalue weighted by molar-refractivity contribution is 5.85. The van der Waals surface area contributed by atoms with E-state index >= 15 is 0 Å². The molecule has 1 fully saturated rings. The van der Waals surface area contributed by atoms with Gasteiger partial charge in [0.05, 0.1) is 0 Å². The van der Waals surface area contributed by atoms with Crippen LogP contribution in [0.2, 0.25) is 0 Å². The molecule has 22 heavy (non-hydrogen) atoms. The van der Waals surface area contributed by atoms with E-state index < -0.39 is 13.0 Å². The van der Waals surface area contributed by atoms with Gasteiger partial charge in [0.2, 0.25) is 5.91 Å². The zero-order valence-electron chi connectivity index (χ0n) is 12.1. The van der Waals surface area contributed by atoms with Gasteiger partial charge in [-0.1, -0.05) is 12.1 Å². The van der Waals surface area contributed by atoms with Crippen LogP contribution in [0.5, 0.6) is 5.75 Å². The van der Waals surface area contributed by atoms with Crippen LogP contribution in [-0.2, 0) is 11.3 Å². The lowest BCUT2D eigenvalue weighted by atomic mass is 10.1. The summed E-state index contributed by atoms with van der Waals surface area (Å²) in [6, 6.07) is 6.92. The summed E-state index contributed by atoms with van der Waals surface area (Å²) < 4.78 is 29.1. The third-order valence-electron chi connectivity index (χ3n) is 3.59. The van der Waals surface area contributed by atoms with E-state index in [-0.39, 0.29) is 30.3 Å². The number of benzene rings is 1. The fourth-order valence-corrected chi connectivity index (χ4v) is 2.49. The van der Waals surface area contributed by atoms with Crippen molar-refractivity contribution in [3.8, 4) is 5.75 Å². The van der Waals surface area contributed by atoms with Gasteiger partial charge in [0.15, 0.2) is 0 Å². The van der Waals surface area contributed by atoms with Gasteiger partial charge in [-0.05, 0) is 37.0 Å². The molecule has 4 nitrogen and oxygen atoms in total. The number of nitrogens with two attached hydrogens (primary N) is 1. The van der Waals surface area contributed by atoms with Crippen molar-refractivity contribution in [1.29, 1.82) is 0 Å². The molecule has 2 atom stereocenters. The van der Waals surface area contributed by atoms with Crippen LogP contribution in [0, 0.1) is 5.92 Å². The average Bonchev–Trinajstić information content (AvgIpc) is 2.90. The Kier molecular flexibility index (Phi) is 7.55. The molecule has 1 amide bonds. The van der Waals surface area contributed by atoms with Crippen LogP contribution in [0.1, 0.15) is 24.8 Å². The van der Waals surface area contributed by atoms with E-state index in [2.05, 4.69) is 5.32 Å². The van der Waals surface area contributed by atoms with Crippen LogP contribution in [-0.4, -0.2) is 25.0 Å². The first kappa shape index (κ1) is 18.6. The third-order valence-corrected chi connectivity index (χ3v) is 3.59. The van der Waals surface area contributed by atoms with Crippen LogP contribution < -0.4 is 15.8 Å². The molecular weight excluding hydrogens is 314 g/mol. The maximum absolute atomic E-state index is 12.1.